The van der Waals surface area contributed by atoms with Crippen molar-refractivity contribution < 1.29 is 0 Å². The van der Waals surface area contributed by atoms with Crippen molar-refractivity contribution >= 4 is 0 Å². The third-order valence-electron chi connectivity index (χ3n) is 3.99. The monoisotopic (exact) mass is 182 g/mol. The van der Waals surface area contributed by atoms with E-state index in [2.05, 4.69) is 32.6 Å². The number of fused-ring (bicyclic) bond motifs is 1. The Morgan fingerprint density at radius 2 is 2.00 bits per heavy atom. The van der Waals surface area contributed by atoms with Gasteiger partial charge in [0.1, 0.15) is 0 Å². The molecule has 0 aromatic heterocycles. The van der Waals surface area contributed by atoms with E-state index in [1.54, 1.807) is 0 Å². The lowest BCUT2D eigenvalue weighted by molar-refractivity contribution is 0.100. The number of nitrogens with two attached hydrogens (primary N) is 1. The van der Waals surface area contributed by atoms with Gasteiger partial charge in [0.2, 0.25) is 0 Å². The van der Waals surface area contributed by atoms with Gasteiger partial charge in [0.15, 0.2) is 0 Å². The molecule has 1 heterocycles. The normalized spacial score (nSPS) is 45.0. The number of likely N-dealkylation sites (tertiary alicyclic amines) is 1. The molecule has 4 atom stereocenters. The van der Waals surface area contributed by atoms with Crippen molar-refractivity contribution in [3.63, 3.8) is 0 Å². The van der Waals surface area contributed by atoms with Crippen LogP contribution in [0.5, 0.6) is 0 Å². The van der Waals surface area contributed by atoms with Crippen molar-refractivity contribution in [1.82, 2.24) is 4.90 Å². The molecular formula is C11H22N2. The Balaban J connectivity index is 2.02. The maximum absolute atomic E-state index is 5.72. The van der Waals surface area contributed by atoms with E-state index < -0.39 is 0 Å². The molecule has 1 aliphatic carbocycles. The lowest BCUT2D eigenvalue weighted by Gasteiger charge is -2.38. The molecular weight excluding hydrogens is 160 g/mol. The molecule has 2 nitrogen and oxygen atoms in total. The summed E-state index contributed by atoms with van der Waals surface area (Å²) in [5, 5.41) is 0. The van der Waals surface area contributed by atoms with Crippen LogP contribution in [-0.4, -0.2) is 29.6 Å². The van der Waals surface area contributed by atoms with E-state index in [4.69, 9.17) is 5.73 Å². The second kappa shape index (κ2) is 2.71. The van der Waals surface area contributed by atoms with Crippen molar-refractivity contribution in [2.45, 2.75) is 39.3 Å². The number of hydrogen-bond donors (Lipinski definition) is 1. The molecule has 0 radical (unpaired) electrons. The Bertz CT molecular complexity index is 207. The second-order valence-corrected chi connectivity index (χ2v) is 5.70. The standard InChI is InChI=1S/C11H22N2/c1-7-10-8(5-12)9(10)6-13(7)11(2,3)4/h7-10H,5-6,12H2,1-4H3/t7-,8+,9+,10-/m1/s1. The quantitative estimate of drug-likeness (QED) is 0.662. The van der Waals surface area contributed by atoms with Gasteiger partial charge in [0, 0.05) is 18.1 Å². The highest BCUT2D eigenvalue weighted by atomic mass is 15.3. The minimum absolute atomic E-state index is 0.339. The smallest absolute Gasteiger partial charge is 0.0128 e. The topological polar surface area (TPSA) is 29.3 Å². The van der Waals surface area contributed by atoms with E-state index in [0.717, 1.165) is 30.3 Å². The molecule has 2 rings (SSSR count). The molecule has 2 fully saturated rings. The van der Waals surface area contributed by atoms with Crippen LogP contribution in [0.3, 0.4) is 0 Å². The first-order valence-corrected chi connectivity index (χ1v) is 5.43. The van der Waals surface area contributed by atoms with Gasteiger partial charge in [-0.25, -0.2) is 0 Å². The lowest BCUT2D eigenvalue weighted by atomic mass is 10.0. The number of nitrogens with zero attached hydrogens (tertiary/aromatic N) is 1. The van der Waals surface area contributed by atoms with Crippen molar-refractivity contribution in [2.75, 3.05) is 13.1 Å². The van der Waals surface area contributed by atoms with Crippen LogP contribution in [0.2, 0.25) is 0 Å². The molecule has 2 aliphatic rings. The van der Waals surface area contributed by atoms with E-state index in [0.29, 0.717) is 5.54 Å². The molecule has 0 unspecified atom stereocenters. The Labute approximate surface area is 81.5 Å². The first-order valence-electron chi connectivity index (χ1n) is 5.43. The van der Waals surface area contributed by atoms with E-state index in [-0.39, 0.29) is 0 Å². The minimum Gasteiger partial charge on any atom is -0.330 e. The zero-order valence-corrected chi connectivity index (χ0v) is 9.25. The predicted molar refractivity (Wildman–Crippen MR) is 55.4 cm³/mol. The van der Waals surface area contributed by atoms with E-state index in [1.807, 2.05) is 0 Å². The van der Waals surface area contributed by atoms with Crippen molar-refractivity contribution in [2.24, 2.45) is 23.5 Å². The Morgan fingerprint density at radius 3 is 2.31 bits per heavy atom. The summed E-state index contributed by atoms with van der Waals surface area (Å²) in [4.78, 5) is 2.63. The number of hydrogen-bond acceptors (Lipinski definition) is 2. The Hall–Kier alpha value is -0.0800. The molecule has 0 amide bonds. The summed E-state index contributed by atoms with van der Waals surface area (Å²) in [5.41, 5.74) is 6.06. The van der Waals surface area contributed by atoms with Gasteiger partial charge < -0.3 is 5.73 Å². The third-order valence-corrected chi connectivity index (χ3v) is 3.99. The van der Waals surface area contributed by atoms with E-state index >= 15 is 0 Å². The average Bonchev–Trinajstić information content (AvgIpc) is 2.60. The van der Waals surface area contributed by atoms with Gasteiger partial charge in [0.25, 0.3) is 0 Å². The summed E-state index contributed by atoms with van der Waals surface area (Å²) in [6.07, 6.45) is 0. The largest absolute Gasteiger partial charge is 0.330 e. The molecule has 1 saturated heterocycles. The van der Waals surface area contributed by atoms with Gasteiger partial charge in [0.05, 0.1) is 0 Å². The highest BCUT2D eigenvalue weighted by Gasteiger charge is 2.60. The summed E-state index contributed by atoms with van der Waals surface area (Å²) >= 11 is 0. The van der Waals surface area contributed by atoms with Gasteiger partial charge in [-0.15, -0.1) is 0 Å². The molecule has 76 valence electrons. The third kappa shape index (κ3) is 1.31. The number of piperidine rings is 1. The van der Waals surface area contributed by atoms with Crippen LogP contribution in [0.25, 0.3) is 0 Å². The highest BCUT2D eigenvalue weighted by molar-refractivity contribution is 5.11. The summed E-state index contributed by atoms with van der Waals surface area (Å²) in [7, 11) is 0. The molecule has 13 heavy (non-hydrogen) atoms. The van der Waals surface area contributed by atoms with Gasteiger partial charge in [-0.05, 0) is 52.0 Å². The second-order valence-electron chi connectivity index (χ2n) is 5.70. The molecule has 0 bridgehead atoms. The summed E-state index contributed by atoms with van der Waals surface area (Å²) in [6, 6.07) is 0.749. The molecule has 1 aliphatic heterocycles. The lowest BCUT2D eigenvalue weighted by Crippen LogP contribution is -2.46. The first-order chi connectivity index (χ1) is 5.96. The fourth-order valence-electron chi connectivity index (χ4n) is 3.27. The van der Waals surface area contributed by atoms with E-state index in [9.17, 15) is 0 Å². The average molecular weight is 182 g/mol. The Kier molecular flexibility index (Phi) is 1.97. The Morgan fingerprint density at radius 1 is 1.38 bits per heavy atom. The van der Waals surface area contributed by atoms with Crippen molar-refractivity contribution in [3.8, 4) is 0 Å². The van der Waals surface area contributed by atoms with Crippen LogP contribution >= 0.6 is 0 Å². The zero-order valence-electron chi connectivity index (χ0n) is 9.25. The molecule has 0 aromatic rings. The van der Waals surface area contributed by atoms with Crippen LogP contribution in [0.15, 0.2) is 0 Å². The van der Waals surface area contributed by atoms with Gasteiger partial charge in [-0.1, -0.05) is 0 Å². The van der Waals surface area contributed by atoms with Crippen LogP contribution in [0.1, 0.15) is 27.7 Å². The van der Waals surface area contributed by atoms with Gasteiger partial charge in [-0.3, -0.25) is 4.90 Å². The van der Waals surface area contributed by atoms with Crippen molar-refractivity contribution in [3.05, 3.63) is 0 Å². The fraction of sp³-hybridized carbons (Fsp3) is 1.00. The summed E-state index contributed by atoms with van der Waals surface area (Å²) in [5.74, 6) is 2.66. The van der Waals surface area contributed by atoms with Gasteiger partial charge >= 0.3 is 0 Å². The molecule has 2 heteroatoms. The minimum atomic E-state index is 0.339. The molecule has 0 spiro atoms. The van der Waals surface area contributed by atoms with Crippen LogP contribution in [-0.2, 0) is 0 Å². The molecule has 2 N–H and O–H groups in total. The zero-order chi connectivity index (χ0) is 9.80. The molecule has 1 saturated carbocycles. The van der Waals surface area contributed by atoms with E-state index in [1.165, 1.54) is 6.54 Å². The summed E-state index contributed by atoms with van der Waals surface area (Å²) in [6.45, 7) is 11.5. The van der Waals surface area contributed by atoms with Crippen molar-refractivity contribution in [1.29, 1.82) is 0 Å². The highest BCUT2D eigenvalue weighted by Crippen LogP contribution is 2.56. The maximum Gasteiger partial charge on any atom is 0.0128 e. The van der Waals surface area contributed by atoms with Gasteiger partial charge in [-0.2, -0.15) is 0 Å². The number of rotatable bonds is 1. The SMILES string of the molecule is C[C@@H]1[C@@H]2[C@@H](CN)[C@@H]2CN1C(C)(C)C. The van der Waals surface area contributed by atoms with Crippen LogP contribution < -0.4 is 5.73 Å². The first kappa shape index (κ1) is 9.47. The summed E-state index contributed by atoms with van der Waals surface area (Å²) < 4.78 is 0. The van der Waals surface area contributed by atoms with Crippen LogP contribution in [0, 0.1) is 17.8 Å². The molecule has 0 aromatic carbocycles. The fourth-order valence-corrected chi connectivity index (χ4v) is 3.27. The van der Waals surface area contributed by atoms with Crippen LogP contribution in [0.4, 0.5) is 0 Å². The predicted octanol–water partition coefficient (Wildman–Crippen LogP) is 1.31. The maximum atomic E-state index is 5.72.